The van der Waals surface area contributed by atoms with Gasteiger partial charge < -0.3 is 0 Å². The number of benzene rings is 1. The van der Waals surface area contributed by atoms with Crippen molar-refractivity contribution >= 4 is 0 Å². The Hall–Kier alpha value is -2.48. The third kappa shape index (κ3) is 3.06. The summed E-state index contributed by atoms with van der Waals surface area (Å²) >= 11 is 0. The van der Waals surface area contributed by atoms with Crippen LogP contribution >= 0.6 is 0 Å². The lowest BCUT2D eigenvalue weighted by Gasteiger charge is -2.07. The minimum atomic E-state index is 1.03. The second-order valence-corrected chi connectivity index (χ2v) is 5.92. The lowest BCUT2D eigenvalue weighted by atomic mass is 10.0. The van der Waals surface area contributed by atoms with E-state index in [1.807, 2.05) is 13.8 Å². The number of pyridine rings is 2. The van der Waals surface area contributed by atoms with E-state index in [9.17, 15) is 0 Å². The molecule has 2 heterocycles. The second-order valence-electron chi connectivity index (χ2n) is 5.92. The molecule has 0 aliphatic rings. The lowest BCUT2D eigenvalue weighted by molar-refractivity contribution is 1.17. The van der Waals surface area contributed by atoms with Crippen molar-refractivity contribution in [1.29, 1.82) is 0 Å². The summed E-state index contributed by atoms with van der Waals surface area (Å²) in [4.78, 5) is 9.24. The predicted octanol–water partition coefficient (Wildman–Crippen LogP) is 5.04. The van der Waals surface area contributed by atoms with Crippen LogP contribution in [0, 0.1) is 27.7 Å². The molecule has 0 saturated heterocycles. The van der Waals surface area contributed by atoms with Crippen LogP contribution in [0.15, 0.2) is 48.5 Å². The molecule has 22 heavy (non-hydrogen) atoms. The maximum absolute atomic E-state index is 4.62. The standard InChI is InChI=1S/C20H20N2/c1-13-9-15(3)21-19(11-13)17-5-7-18(8-6-17)20-12-14(2)10-16(4)22-20/h5-12H,1-4H3. The highest BCUT2D eigenvalue weighted by molar-refractivity contribution is 5.67. The van der Waals surface area contributed by atoms with Gasteiger partial charge in [-0.05, 0) is 63.1 Å². The number of nitrogens with zero attached hydrogens (tertiary/aromatic N) is 2. The molecule has 110 valence electrons. The van der Waals surface area contributed by atoms with Crippen LogP contribution in [0.1, 0.15) is 22.5 Å². The van der Waals surface area contributed by atoms with Crippen molar-refractivity contribution in [2.75, 3.05) is 0 Å². The fourth-order valence-corrected chi connectivity index (χ4v) is 2.79. The van der Waals surface area contributed by atoms with Crippen molar-refractivity contribution in [2.45, 2.75) is 27.7 Å². The van der Waals surface area contributed by atoms with Gasteiger partial charge in [-0.1, -0.05) is 24.3 Å². The summed E-state index contributed by atoms with van der Waals surface area (Å²) in [6, 6.07) is 16.9. The summed E-state index contributed by atoms with van der Waals surface area (Å²) in [6.45, 7) is 8.27. The summed E-state index contributed by atoms with van der Waals surface area (Å²) in [7, 11) is 0. The zero-order valence-corrected chi connectivity index (χ0v) is 13.5. The van der Waals surface area contributed by atoms with Gasteiger partial charge in [-0.2, -0.15) is 0 Å². The number of aromatic nitrogens is 2. The molecule has 0 unspecified atom stereocenters. The number of aryl methyl sites for hydroxylation is 4. The third-order valence-corrected chi connectivity index (χ3v) is 3.67. The Morgan fingerprint density at radius 1 is 0.545 bits per heavy atom. The fraction of sp³-hybridized carbons (Fsp3) is 0.200. The van der Waals surface area contributed by atoms with Crippen LogP contribution < -0.4 is 0 Å². The molecule has 0 fully saturated rings. The molecule has 2 aromatic heterocycles. The molecular formula is C20H20N2. The normalized spacial score (nSPS) is 10.7. The highest BCUT2D eigenvalue weighted by atomic mass is 14.7. The summed E-state index contributed by atoms with van der Waals surface area (Å²) < 4.78 is 0. The van der Waals surface area contributed by atoms with Crippen LogP contribution in [0.3, 0.4) is 0 Å². The lowest BCUT2D eigenvalue weighted by Crippen LogP contribution is -1.91. The van der Waals surface area contributed by atoms with Crippen molar-refractivity contribution < 1.29 is 0 Å². The van der Waals surface area contributed by atoms with E-state index in [0.717, 1.165) is 33.9 Å². The number of hydrogen-bond donors (Lipinski definition) is 0. The van der Waals surface area contributed by atoms with E-state index in [4.69, 9.17) is 0 Å². The zero-order valence-electron chi connectivity index (χ0n) is 13.5. The monoisotopic (exact) mass is 288 g/mol. The van der Waals surface area contributed by atoms with Gasteiger partial charge in [-0.3, -0.25) is 9.97 Å². The Morgan fingerprint density at radius 2 is 0.909 bits per heavy atom. The van der Waals surface area contributed by atoms with E-state index in [2.05, 4.69) is 72.3 Å². The highest BCUT2D eigenvalue weighted by Gasteiger charge is 2.04. The molecule has 0 spiro atoms. The zero-order chi connectivity index (χ0) is 15.7. The molecule has 2 heteroatoms. The molecule has 0 aliphatic heterocycles. The van der Waals surface area contributed by atoms with E-state index in [1.54, 1.807) is 0 Å². The molecule has 0 amide bonds. The van der Waals surface area contributed by atoms with E-state index >= 15 is 0 Å². The van der Waals surface area contributed by atoms with Crippen molar-refractivity contribution in [3.63, 3.8) is 0 Å². The van der Waals surface area contributed by atoms with Gasteiger partial charge >= 0.3 is 0 Å². The van der Waals surface area contributed by atoms with E-state index in [0.29, 0.717) is 0 Å². The van der Waals surface area contributed by atoms with Gasteiger partial charge in [0.1, 0.15) is 0 Å². The first-order valence-electron chi connectivity index (χ1n) is 7.53. The molecule has 0 aliphatic carbocycles. The largest absolute Gasteiger partial charge is 0.253 e. The molecule has 0 radical (unpaired) electrons. The van der Waals surface area contributed by atoms with Crippen molar-refractivity contribution in [2.24, 2.45) is 0 Å². The van der Waals surface area contributed by atoms with Gasteiger partial charge in [-0.25, -0.2) is 0 Å². The quantitative estimate of drug-likeness (QED) is 0.660. The number of hydrogen-bond acceptors (Lipinski definition) is 2. The van der Waals surface area contributed by atoms with Crippen LogP contribution in [-0.2, 0) is 0 Å². The summed E-state index contributed by atoms with van der Waals surface area (Å²) in [5, 5.41) is 0. The van der Waals surface area contributed by atoms with Gasteiger partial charge in [-0.15, -0.1) is 0 Å². The van der Waals surface area contributed by atoms with Crippen LogP contribution in [0.5, 0.6) is 0 Å². The summed E-state index contributed by atoms with van der Waals surface area (Å²) in [5.74, 6) is 0. The first-order valence-corrected chi connectivity index (χ1v) is 7.53. The molecular weight excluding hydrogens is 268 g/mol. The average Bonchev–Trinajstić information content (AvgIpc) is 2.45. The summed E-state index contributed by atoms with van der Waals surface area (Å²) in [5.41, 5.74) is 8.91. The van der Waals surface area contributed by atoms with Crippen molar-refractivity contribution in [3.05, 3.63) is 71.0 Å². The SMILES string of the molecule is Cc1cc(C)nc(-c2ccc(-c3cc(C)cc(C)n3)cc2)c1. The molecule has 0 N–H and O–H groups in total. The van der Waals surface area contributed by atoms with Crippen molar-refractivity contribution in [3.8, 4) is 22.5 Å². The highest BCUT2D eigenvalue weighted by Crippen LogP contribution is 2.24. The topological polar surface area (TPSA) is 25.8 Å². The Bertz CT molecular complexity index is 707. The fourth-order valence-electron chi connectivity index (χ4n) is 2.79. The van der Waals surface area contributed by atoms with Gasteiger partial charge in [0.2, 0.25) is 0 Å². The molecule has 1 aromatic carbocycles. The van der Waals surface area contributed by atoms with Gasteiger partial charge in [0, 0.05) is 22.5 Å². The Kier molecular flexibility index (Phi) is 3.76. The predicted molar refractivity (Wildman–Crippen MR) is 91.9 cm³/mol. The maximum Gasteiger partial charge on any atom is 0.0707 e. The molecule has 0 atom stereocenters. The average molecular weight is 288 g/mol. The van der Waals surface area contributed by atoms with Gasteiger partial charge in [0.05, 0.1) is 11.4 Å². The van der Waals surface area contributed by atoms with Gasteiger partial charge in [0.15, 0.2) is 0 Å². The smallest absolute Gasteiger partial charge is 0.0707 e. The Morgan fingerprint density at radius 3 is 1.23 bits per heavy atom. The maximum atomic E-state index is 4.62. The molecule has 0 bridgehead atoms. The first-order chi connectivity index (χ1) is 10.5. The molecule has 3 aromatic rings. The first kappa shape index (κ1) is 14.5. The summed E-state index contributed by atoms with van der Waals surface area (Å²) in [6.07, 6.45) is 0. The van der Waals surface area contributed by atoms with Crippen LogP contribution in [0.4, 0.5) is 0 Å². The molecule has 0 saturated carbocycles. The molecule has 3 rings (SSSR count). The minimum absolute atomic E-state index is 1.03. The van der Waals surface area contributed by atoms with Crippen LogP contribution in [-0.4, -0.2) is 9.97 Å². The number of rotatable bonds is 2. The van der Waals surface area contributed by atoms with E-state index in [1.165, 1.54) is 11.1 Å². The van der Waals surface area contributed by atoms with Gasteiger partial charge in [0.25, 0.3) is 0 Å². The molecule has 2 nitrogen and oxygen atoms in total. The Balaban J connectivity index is 1.98. The van der Waals surface area contributed by atoms with Crippen molar-refractivity contribution in [1.82, 2.24) is 9.97 Å². The second kappa shape index (κ2) is 5.72. The van der Waals surface area contributed by atoms with Crippen LogP contribution in [0.25, 0.3) is 22.5 Å². The van der Waals surface area contributed by atoms with Crippen LogP contribution in [0.2, 0.25) is 0 Å². The van der Waals surface area contributed by atoms with E-state index in [-0.39, 0.29) is 0 Å². The Labute approximate surface area is 131 Å². The van der Waals surface area contributed by atoms with E-state index < -0.39 is 0 Å². The minimum Gasteiger partial charge on any atom is -0.253 e. The third-order valence-electron chi connectivity index (χ3n) is 3.67.